The normalized spacial score (nSPS) is 22.8. The predicted molar refractivity (Wildman–Crippen MR) is 60.3 cm³/mol. The molecule has 1 aliphatic heterocycles. The molecule has 1 fully saturated rings. The minimum absolute atomic E-state index is 0.255. The minimum Gasteiger partial charge on any atom is -0.462 e. The first-order valence-electron chi connectivity index (χ1n) is 5.69. The van der Waals surface area contributed by atoms with Crippen LogP contribution in [0.4, 0.5) is 0 Å². The zero-order valence-electron chi connectivity index (χ0n) is 9.39. The van der Waals surface area contributed by atoms with Gasteiger partial charge in [0.05, 0.1) is 24.4 Å². The average molecular weight is 220 g/mol. The van der Waals surface area contributed by atoms with Gasteiger partial charge in [0.1, 0.15) is 0 Å². The van der Waals surface area contributed by atoms with Crippen molar-refractivity contribution in [2.24, 2.45) is 0 Å². The Morgan fingerprint density at radius 2 is 2.06 bits per heavy atom. The van der Waals surface area contributed by atoms with Crippen LogP contribution >= 0.6 is 0 Å². The molecule has 0 aliphatic carbocycles. The van der Waals surface area contributed by atoms with Crippen LogP contribution in [-0.4, -0.2) is 24.8 Å². The van der Waals surface area contributed by atoms with E-state index in [9.17, 15) is 4.79 Å². The van der Waals surface area contributed by atoms with Gasteiger partial charge in [-0.15, -0.1) is 0 Å². The van der Waals surface area contributed by atoms with Gasteiger partial charge >= 0.3 is 5.97 Å². The maximum absolute atomic E-state index is 11.5. The second-order valence-corrected chi connectivity index (χ2v) is 3.91. The van der Waals surface area contributed by atoms with Crippen molar-refractivity contribution in [1.29, 1.82) is 0 Å². The average Bonchev–Trinajstić information content (AvgIpc) is 3.09. The van der Waals surface area contributed by atoms with Crippen LogP contribution in [0.1, 0.15) is 30.1 Å². The van der Waals surface area contributed by atoms with E-state index < -0.39 is 0 Å². The van der Waals surface area contributed by atoms with Gasteiger partial charge in [0, 0.05) is 6.42 Å². The first-order valence-corrected chi connectivity index (χ1v) is 5.69. The molecule has 3 heteroatoms. The highest BCUT2D eigenvalue weighted by Gasteiger charge is 2.36. The summed E-state index contributed by atoms with van der Waals surface area (Å²) in [5.41, 5.74) is 0.603. The summed E-state index contributed by atoms with van der Waals surface area (Å²) < 4.78 is 10.5. The quantitative estimate of drug-likeness (QED) is 0.565. The summed E-state index contributed by atoms with van der Waals surface area (Å²) in [5, 5.41) is 0. The van der Waals surface area contributed by atoms with Crippen molar-refractivity contribution in [2.45, 2.75) is 32.0 Å². The van der Waals surface area contributed by atoms with Gasteiger partial charge < -0.3 is 9.47 Å². The first-order chi connectivity index (χ1) is 7.81. The summed E-state index contributed by atoms with van der Waals surface area (Å²) in [6.07, 6.45) is 2.53. The molecule has 16 heavy (non-hydrogen) atoms. The molecular formula is C13H16O3. The highest BCUT2D eigenvalue weighted by atomic mass is 16.6. The largest absolute Gasteiger partial charge is 0.462 e. The predicted octanol–water partition coefficient (Wildman–Crippen LogP) is 2.41. The van der Waals surface area contributed by atoms with Crippen molar-refractivity contribution in [3.63, 3.8) is 0 Å². The van der Waals surface area contributed by atoms with Crippen LogP contribution in [0.5, 0.6) is 0 Å². The Labute approximate surface area is 95.4 Å². The van der Waals surface area contributed by atoms with Crippen molar-refractivity contribution in [3.8, 4) is 0 Å². The molecule has 0 saturated carbocycles. The fourth-order valence-corrected chi connectivity index (χ4v) is 1.72. The summed E-state index contributed by atoms with van der Waals surface area (Å²) in [7, 11) is 0. The molecule has 1 heterocycles. The number of epoxide rings is 1. The van der Waals surface area contributed by atoms with Gasteiger partial charge in [0.15, 0.2) is 0 Å². The van der Waals surface area contributed by atoms with Crippen molar-refractivity contribution in [2.75, 3.05) is 6.61 Å². The summed E-state index contributed by atoms with van der Waals surface area (Å²) in [4.78, 5) is 11.5. The summed E-state index contributed by atoms with van der Waals surface area (Å²) >= 11 is 0. The highest BCUT2D eigenvalue weighted by Crippen LogP contribution is 2.27. The Hall–Kier alpha value is -1.35. The number of esters is 1. The molecule has 1 aliphatic rings. The standard InChI is InChI=1S/C13H16O3/c1-2-11-12(16-11)8-9-15-13(14)10-6-4-3-5-7-10/h3-7,11-12H,2,8-9H2,1H3. The molecule has 0 spiro atoms. The molecule has 1 aromatic rings. The molecule has 1 aromatic carbocycles. The fraction of sp³-hybridized carbons (Fsp3) is 0.462. The fourth-order valence-electron chi connectivity index (χ4n) is 1.72. The smallest absolute Gasteiger partial charge is 0.338 e. The highest BCUT2D eigenvalue weighted by molar-refractivity contribution is 5.89. The van der Waals surface area contributed by atoms with Gasteiger partial charge in [-0.1, -0.05) is 25.1 Å². The van der Waals surface area contributed by atoms with Crippen LogP contribution in [0.2, 0.25) is 0 Å². The van der Waals surface area contributed by atoms with Crippen molar-refractivity contribution < 1.29 is 14.3 Å². The number of carbonyl (C=O) groups is 1. The second kappa shape index (κ2) is 5.12. The second-order valence-electron chi connectivity index (χ2n) is 3.91. The summed E-state index contributed by atoms with van der Waals surface area (Å²) in [6.45, 7) is 2.54. The lowest BCUT2D eigenvalue weighted by Gasteiger charge is -2.02. The lowest BCUT2D eigenvalue weighted by atomic mass is 10.2. The monoisotopic (exact) mass is 220 g/mol. The molecule has 3 nitrogen and oxygen atoms in total. The third-order valence-electron chi connectivity index (χ3n) is 2.74. The van der Waals surface area contributed by atoms with Crippen molar-refractivity contribution in [1.82, 2.24) is 0 Å². The Morgan fingerprint density at radius 3 is 2.69 bits per heavy atom. The zero-order chi connectivity index (χ0) is 11.4. The summed E-state index contributed by atoms with van der Waals surface area (Å²) in [5.74, 6) is -0.255. The molecule has 2 unspecified atom stereocenters. The lowest BCUT2D eigenvalue weighted by molar-refractivity contribution is 0.0493. The van der Waals surface area contributed by atoms with Crippen LogP contribution in [0, 0.1) is 0 Å². The Bertz CT molecular complexity index is 347. The van der Waals surface area contributed by atoms with E-state index >= 15 is 0 Å². The number of carbonyl (C=O) groups excluding carboxylic acids is 1. The van der Waals surface area contributed by atoms with E-state index in [2.05, 4.69) is 6.92 Å². The number of hydrogen-bond acceptors (Lipinski definition) is 3. The minimum atomic E-state index is -0.255. The molecule has 0 aromatic heterocycles. The van der Waals surface area contributed by atoms with E-state index in [4.69, 9.17) is 9.47 Å². The Morgan fingerprint density at radius 1 is 1.31 bits per heavy atom. The number of rotatable bonds is 5. The van der Waals surface area contributed by atoms with E-state index in [1.165, 1.54) is 0 Å². The number of hydrogen-bond donors (Lipinski definition) is 0. The van der Waals surface area contributed by atoms with Crippen LogP contribution < -0.4 is 0 Å². The van der Waals surface area contributed by atoms with E-state index in [0.717, 1.165) is 12.8 Å². The molecular weight excluding hydrogens is 204 g/mol. The summed E-state index contributed by atoms with van der Waals surface area (Å²) in [6, 6.07) is 9.04. The Kier molecular flexibility index (Phi) is 3.57. The van der Waals surface area contributed by atoms with Gasteiger partial charge in [0.2, 0.25) is 0 Å². The van der Waals surface area contributed by atoms with Crippen LogP contribution in [0.15, 0.2) is 30.3 Å². The number of benzene rings is 1. The van der Waals surface area contributed by atoms with Crippen LogP contribution in [0.3, 0.4) is 0 Å². The van der Waals surface area contributed by atoms with Crippen molar-refractivity contribution >= 4 is 5.97 Å². The molecule has 0 N–H and O–H groups in total. The Balaban J connectivity index is 1.69. The van der Waals surface area contributed by atoms with E-state index in [-0.39, 0.29) is 5.97 Å². The SMILES string of the molecule is CCC1OC1CCOC(=O)c1ccccc1. The van der Waals surface area contributed by atoms with E-state index in [0.29, 0.717) is 24.4 Å². The van der Waals surface area contributed by atoms with E-state index in [1.807, 2.05) is 18.2 Å². The van der Waals surface area contributed by atoms with Crippen molar-refractivity contribution in [3.05, 3.63) is 35.9 Å². The molecule has 0 radical (unpaired) electrons. The van der Waals surface area contributed by atoms with E-state index in [1.54, 1.807) is 12.1 Å². The molecule has 1 saturated heterocycles. The van der Waals surface area contributed by atoms with Gasteiger partial charge in [-0.3, -0.25) is 0 Å². The van der Waals surface area contributed by atoms with Gasteiger partial charge in [0.25, 0.3) is 0 Å². The lowest BCUT2D eigenvalue weighted by Crippen LogP contribution is -2.08. The maximum atomic E-state index is 11.5. The molecule has 0 amide bonds. The van der Waals surface area contributed by atoms with Gasteiger partial charge in [-0.25, -0.2) is 4.79 Å². The number of ether oxygens (including phenoxy) is 2. The van der Waals surface area contributed by atoms with Crippen LogP contribution in [0.25, 0.3) is 0 Å². The first kappa shape index (κ1) is 11.1. The molecule has 86 valence electrons. The van der Waals surface area contributed by atoms with Crippen LogP contribution in [-0.2, 0) is 9.47 Å². The third-order valence-corrected chi connectivity index (χ3v) is 2.74. The van der Waals surface area contributed by atoms with Gasteiger partial charge in [-0.2, -0.15) is 0 Å². The van der Waals surface area contributed by atoms with Gasteiger partial charge in [-0.05, 0) is 18.6 Å². The molecule has 2 atom stereocenters. The maximum Gasteiger partial charge on any atom is 0.338 e. The third kappa shape index (κ3) is 2.83. The molecule has 2 rings (SSSR count). The topological polar surface area (TPSA) is 38.8 Å². The molecule has 0 bridgehead atoms. The zero-order valence-corrected chi connectivity index (χ0v) is 9.39.